The van der Waals surface area contributed by atoms with Crippen LogP contribution in [0.2, 0.25) is 0 Å². The smallest absolute Gasteiger partial charge is 0.191 e. The molecule has 0 spiro atoms. The summed E-state index contributed by atoms with van der Waals surface area (Å²) in [5.74, 6) is 1.18. The highest BCUT2D eigenvalue weighted by molar-refractivity contribution is 7.99. The van der Waals surface area contributed by atoms with Crippen molar-refractivity contribution in [2.75, 3.05) is 19.0 Å². The van der Waals surface area contributed by atoms with Crippen molar-refractivity contribution < 1.29 is 14.3 Å². The first kappa shape index (κ1) is 18.6. The quantitative estimate of drug-likeness (QED) is 0.373. The highest BCUT2D eigenvalue weighted by Crippen LogP contribution is 2.18. The lowest BCUT2D eigenvalue weighted by Crippen LogP contribution is -2.22. The Kier molecular flexibility index (Phi) is 7.42. The van der Waals surface area contributed by atoms with Gasteiger partial charge in [0.1, 0.15) is 5.82 Å². The van der Waals surface area contributed by atoms with Gasteiger partial charge in [0, 0.05) is 25.8 Å². The second-order valence-electron chi connectivity index (χ2n) is 5.08. The number of rotatable bonds is 10. The number of ether oxygens (including phenoxy) is 2. The van der Waals surface area contributed by atoms with Gasteiger partial charge in [0.2, 0.25) is 0 Å². The van der Waals surface area contributed by atoms with E-state index in [0.29, 0.717) is 36.1 Å². The topological polar surface area (TPSA) is 66.2 Å². The van der Waals surface area contributed by atoms with Crippen molar-refractivity contribution in [3.63, 3.8) is 0 Å². The molecule has 0 unspecified atom stereocenters. The van der Waals surface area contributed by atoms with Gasteiger partial charge in [-0.1, -0.05) is 42.1 Å². The van der Waals surface area contributed by atoms with E-state index in [4.69, 9.17) is 9.47 Å². The van der Waals surface area contributed by atoms with Crippen LogP contribution in [0.3, 0.4) is 0 Å². The van der Waals surface area contributed by atoms with E-state index >= 15 is 0 Å². The molecule has 0 atom stereocenters. The molecule has 1 heterocycles. The van der Waals surface area contributed by atoms with Crippen LogP contribution in [-0.4, -0.2) is 45.8 Å². The molecule has 0 fully saturated rings. The number of Topliss-reactive ketones (excluding diaryl/α,β-unsaturated/α-hetero) is 1. The number of hydrogen-bond acceptors (Lipinski definition) is 6. The standard InChI is InChI=1S/C17H23N3O3S/c1-4-22-16(23-5-2)11-15-18-19-17(20(15)3)24-12-14(21)13-9-7-6-8-10-13/h6-10,16H,4-5,11-12H2,1-3H3. The largest absolute Gasteiger partial charge is 0.352 e. The molecule has 0 bridgehead atoms. The van der Waals surface area contributed by atoms with Gasteiger partial charge in [0.05, 0.1) is 12.2 Å². The van der Waals surface area contributed by atoms with E-state index in [1.165, 1.54) is 11.8 Å². The van der Waals surface area contributed by atoms with Gasteiger partial charge in [0.25, 0.3) is 0 Å². The highest BCUT2D eigenvalue weighted by atomic mass is 32.2. The first-order valence-electron chi connectivity index (χ1n) is 7.98. The fourth-order valence-electron chi connectivity index (χ4n) is 2.17. The summed E-state index contributed by atoms with van der Waals surface area (Å²) in [4.78, 5) is 12.2. The molecule has 2 aromatic rings. The molecule has 0 N–H and O–H groups in total. The maximum atomic E-state index is 12.2. The zero-order chi connectivity index (χ0) is 17.4. The zero-order valence-electron chi connectivity index (χ0n) is 14.3. The predicted molar refractivity (Wildman–Crippen MR) is 93.2 cm³/mol. The van der Waals surface area contributed by atoms with Crippen molar-refractivity contribution >= 4 is 17.5 Å². The van der Waals surface area contributed by atoms with Gasteiger partial charge in [-0.25, -0.2) is 0 Å². The monoisotopic (exact) mass is 349 g/mol. The maximum Gasteiger partial charge on any atom is 0.191 e. The van der Waals surface area contributed by atoms with Crippen LogP contribution in [0.4, 0.5) is 0 Å². The Morgan fingerprint density at radius 2 is 1.83 bits per heavy atom. The molecule has 7 heteroatoms. The SMILES string of the molecule is CCOC(Cc1nnc(SCC(=O)c2ccccc2)n1C)OCC. The number of thioether (sulfide) groups is 1. The number of ketones is 1. The molecule has 1 aromatic heterocycles. The van der Waals surface area contributed by atoms with Gasteiger partial charge >= 0.3 is 0 Å². The molecular weight excluding hydrogens is 326 g/mol. The third kappa shape index (κ3) is 5.15. The normalized spacial score (nSPS) is 11.2. The molecule has 0 aliphatic heterocycles. The van der Waals surface area contributed by atoms with Gasteiger partial charge in [-0.05, 0) is 13.8 Å². The Morgan fingerprint density at radius 1 is 1.17 bits per heavy atom. The Hall–Kier alpha value is -1.70. The minimum Gasteiger partial charge on any atom is -0.352 e. The Labute approximate surface area is 146 Å². The van der Waals surface area contributed by atoms with Crippen molar-refractivity contribution in [1.29, 1.82) is 0 Å². The van der Waals surface area contributed by atoms with E-state index in [1.807, 2.05) is 55.8 Å². The minimum atomic E-state index is -0.327. The summed E-state index contributed by atoms with van der Waals surface area (Å²) in [5.41, 5.74) is 0.708. The van der Waals surface area contributed by atoms with Crippen LogP contribution >= 0.6 is 11.8 Å². The van der Waals surface area contributed by atoms with Gasteiger partial charge in [0.15, 0.2) is 17.2 Å². The molecular formula is C17H23N3O3S. The van der Waals surface area contributed by atoms with Crippen molar-refractivity contribution in [3.8, 4) is 0 Å². The van der Waals surface area contributed by atoms with Crippen LogP contribution in [-0.2, 0) is 22.9 Å². The number of carbonyl (C=O) groups is 1. The van der Waals surface area contributed by atoms with Crippen molar-refractivity contribution in [3.05, 3.63) is 41.7 Å². The summed E-state index contributed by atoms with van der Waals surface area (Å²) in [6.07, 6.45) is 0.199. The lowest BCUT2D eigenvalue weighted by atomic mass is 10.2. The molecule has 0 saturated carbocycles. The summed E-state index contributed by atoms with van der Waals surface area (Å²) < 4.78 is 13.0. The van der Waals surface area contributed by atoms with E-state index in [2.05, 4.69) is 10.2 Å². The zero-order valence-corrected chi connectivity index (χ0v) is 15.1. The van der Waals surface area contributed by atoms with Crippen molar-refractivity contribution in [2.45, 2.75) is 31.7 Å². The number of nitrogens with zero attached hydrogens (tertiary/aromatic N) is 3. The van der Waals surface area contributed by atoms with E-state index in [0.717, 1.165) is 5.82 Å². The van der Waals surface area contributed by atoms with Gasteiger partial charge in [-0.3, -0.25) is 4.79 Å². The molecule has 0 aliphatic rings. The molecule has 24 heavy (non-hydrogen) atoms. The first-order valence-corrected chi connectivity index (χ1v) is 8.96. The molecule has 0 amide bonds. The average Bonchev–Trinajstić information content (AvgIpc) is 2.94. The molecule has 0 saturated heterocycles. The first-order chi connectivity index (χ1) is 11.7. The van der Waals surface area contributed by atoms with Crippen LogP contribution in [0.15, 0.2) is 35.5 Å². The van der Waals surface area contributed by atoms with Crippen LogP contribution < -0.4 is 0 Å². The fourth-order valence-corrected chi connectivity index (χ4v) is 3.00. The third-order valence-corrected chi connectivity index (χ3v) is 4.43. The second-order valence-corrected chi connectivity index (χ2v) is 6.02. The van der Waals surface area contributed by atoms with E-state index in [1.54, 1.807) is 0 Å². The summed E-state index contributed by atoms with van der Waals surface area (Å²) in [5, 5.41) is 9.07. The number of benzene rings is 1. The van der Waals surface area contributed by atoms with Crippen molar-refractivity contribution in [1.82, 2.24) is 14.8 Å². The van der Waals surface area contributed by atoms with Gasteiger partial charge in [-0.2, -0.15) is 0 Å². The molecule has 2 rings (SSSR count). The molecule has 130 valence electrons. The summed E-state index contributed by atoms with van der Waals surface area (Å²) in [7, 11) is 1.89. The lowest BCUT2D eigenvalue weighted by Gasteiger charge is -2.16. The maximum absolute atomic E-state index is 12.2. The average molecular weight is 349 g/mol. The summed E-state index contributed by atoms with van der Waals surface area (Å²) in [6, 6.07) is 9.26. The lowest BCUT2D eigenvalue weighted by molar-refractivity contribution is -0.135. The van der Waals surface area contributed by atoms with E-state index in [-0.39, 0.29) is 12.1 Å². The third-order valence-electron chi connectivity index (χ3n) is 3.41. The van der Waals surface area contributed by atoms with Gasteiger partial charge in [-0.15, -0.1) is 10.2 Å². The Balaban J connectivity index is 1.95. The number of carbonyl (C=O) groups excluding carboxylic acids is 1. The highest BCUT2D eigenvalue weighted by Gasteiger charge is 2.17. The number of hydrogen-bond donors (Lipinski definition) is 0. The van der Waals surface area contributed by atoms with Crippen molar-refractivity contribution in [2.24, 2.45) is 7.05 Å². The van der Waals surface area contributed by atoms with Crippen LogP contribution in [0.5, 0.6) is 0 Å². The Morgan fingerprint density at radius 3 is 2.46 bits per heavy atom. The summed E-state index contributed by atoms with van der Waals surface area (Å²) in [6.45, 7) is 5.02. The van der Waals surface area contributed by atoms with Crippen LogP contribution in [0.1, 0.15) is 30.0 Å². The molecule has 0 radical (unpaired) electrons. The fraction of sp³-hybridized carbons (Fsp3) is 0.471. The predicted octanol–water partition coefficient (Wildman–Crippen LogP) is 2.73. The van der Waals surface area contributed by atoms with Crippen LogP contribution in [0.25, 0.3) is 0 Å². The Bertz CT molecular complexity index is 640. The van der Waals surface area contributed by atoms with E-state index < -0.39 is 0 Å². The molecule has 6 nitrogen and oxygen atoms in total. The molecule has 0 aliphatic carbocycles. The molecule has 1 aromatic carbocycles. The number of aromatic nitrogens is 3. The minimum absolute atomic E-state index is 0.0756. The van der Waals surface area contributed by atoms with E-state index in [9.17, 15) is 4.79 Å². The summed E-state index contributed by atoms with van der Waals surface area (Å²) >= 11 is 1.38. The van der Waals surface area contributed by atoms with Gasteiger partial charge < -0.3 is 14.0 Å². The second kappa shape index (κ2) is 9.56. The van der Waals surface area contributed by atoms with Crippen LogP contribution in [0, 0.1) is 0 Å².